The minimum atomic E-state index is -0.555. The van der Waals surface area contributed by atoms with Crippen LogP contribution in [0.15, 0.2) is 29.7 Å². The molecule has 0 aliphatic carbocycles. The third-order valence-corrected chi connectivity index (χ3v) is 2.42. The van der Waals surface area contributed by atoms with Gasteiger partial charge in [-0.15, -0.1) is 6.58 Å². The van der Waals surface area contributed by atoms with Crippen LogP contribution in [-0.4, -0.2) is 22.1 Å². The highest BCUT2D eigenvalue weighted by molar-refractivity contribution is 5.95. The molecule has 1 amide bonds. The largest absolute Gasteiger partial charge is 0.503 e. The number of carbonyl (C=O) groups excluding carboxylic acids is 1. The maximum absolute atomic E-state index is 11.5. The van der Waals surface area contributed by atoms with Crippen LogP contribution in [0.1, 0.15) is 16.5 Å². The van der Waals surface area contributed by atoms with E-state index in [1.807, 2.05) is 0 Å². The van der Waals surface area contributed by atoms with Crippen molar-refractivity contribution < 1.29 is 9.90 Å². The fourth-order valence-corrected chi connectivity index (χ4v) is 1.62. The Morgan fingerprint density at radius 2 is 2.33 bits per heavy atom. The molecule has 5 heteroatoms. The van der Waals surface area contributed by atoms with E-state index in [2.05, 4.69) is 11.9 Å². The predicted molar refractivity (Wildman–Crippen MR) is 53.9 cm³/mol. The molecule has 0 aromatic carbocycles. The lowest BCUT2D eigenvalue weighted by Crippen LogP contribution is -2.39. The fourth-order valence-electron chi connectivity index (χ4n) is 1.62. The van der Waals surface area contributed by atoms with E-state index >= 15 is 0 Å². The van der Waals surface area contributed by atoms with Crippen LogP contribution >= 0.6 is 0 Å². The fraction of sp³-hybridized carbons (Fsp3) is 0.200. The third kappa shape index (κ3) is 1.32. The van der Waals surface area contributed by atoms with Crippen molar-refractivity contribution in [1.82, 2.24) is 9.88 Å². The van der Waals surface area contributed by atoms with E-state index in [-0.39, 0.29) is 11.7 Å². The van der Waals surface area contributed by atoms with Crippen molar-refractivity contribution in [3.8, 4) is 5.75 Å². The average Bonchev–Trinajstić information content (AvgIpc) is 2.24. The summed E-state index contributed by atoms with van der Waals surface area (Å²) in [5.74, 6) is -0.954. The Hall–Kier alpha value is -2.04. The van der Waals surface area contributed by atoms with Crippen LogP contribution in [0.25, 0.3) is 0 Å². The first kappa shape index (κ1) is 9.51. The van der Waals surface area contributed by atoms with E-state index in [4.69, 9.17) is 0 Å². The number of nitrogens with zero attached hydrogens (tertiary/aromatic N) is 1. The van der Waals surface area contributed by atoms with Crippen molar-refractivity contribution in [2.45, 2.75) is 6.04 Å². The highest BCUT2D eigenvalue weighted by Gasteiger charge is 2.25. The molecular weight excluding hydrogens is 196 g/mol. The number of pyridine rings is 1. The highest BCUT2D eigenvalue weighted by Crippen LogP contribution is 2.20. The minimum absolute atomic E-state index is 0.00125. The second-order valence-corrected chi connectivity index (χ2v) is 3.30. The zero-order chi connectivity index (χ0) is 11.0. The smallest absolute Gasteiger partial charge is 0.272 e. The van der Waals surface area contributed by atoms with Gasteiger partial charge in [-0.1, -0.05) is 6.08 Å². The van der Waals surface area contributed by atoms with Crippen LogP contribution in [0, 0.1) is 0 Å². The maximum atomic E-state index is 11.5. The van der Waals surface area contributed by atoms with Crippen molar-refractivity contribution >= 4 is 5.91 Å². The van der Waals surface area contributed by atoms with E-state index in [0.29, 0.717) is 6.54 Å². The molecule has 1 aliphatic heterocycles. The molecule has 2 N–H and O–H groups in total. The number of nitrogens with one attached hydrogen (secondary N) is 1. The van der Waals surface area contributed by atoms with Gasteiger partial charge in [0.15, 0.2) is 11.4 Å². The predicted octanol–water partition coefficient (Wildman–Crippen LogP) is 0.0244. The number of aromatic hydroxyl groups is 1. The molecule has 1 aromatic rings. The molecule has 0 spiro atoms. The Bertz CT molecular complexity index is 490. The van der Waals surface area contributed by atoms with Crippen molar-refractivity contribution in [1.29, 1.82) is 0 Å². The van der Waals surface area contributed by atoms with E-state index in [9.17, 15) is 14.7 Å². The lowest BCUT2D eigenvalue weighted by Gasteiger charge is -2.26. The van der Waals surface area contributed by atoms with Crippen LogP contribution in [-0.2, 0) is 0 Å². The van der Waals surface area contributed by atoms with Gasteiger partial charge in [-0.25, -0.2) is 0 Å². The second-order valence-electron chi connectivity index (χ2n) is 3.30. The third-order valence-electron chi connectivity index (χ3n) is 2.42. The Balaban J connectivity index is 2.72. The van der Waals surface area contributed by atoms with E-state index in [0.717, 1.165) is 0 Å². The first-order valence-electron chi connectivity index (χ1n) is 4.50. The SMILES string of the molecule is C=C[C@H]1CNC(=O)c2c(O)c(=O)ccn21. The summed E-state index contributed by atoms with van der Waals surface area (Å²) in [5, 5.41) is 12.1. The standard InChI is InChI=1S/C10H10N2O3/c1-2-6-5-11-10(15)8-9(14)7(13)3-4-12(6)8/h2-4,6,14H,1,5H2,(H,11,15)/t6-/m0/s1. The van der Waals surface area contributed by atoms with Crippen molar-refractivity contribution in [3.05, 3.63) is 40.8 Å². The number of amides is 1. The van der Waals surface area contributed by atoms with E-state index < -0.39 is 17.1 Å². The van der Waals surface area contributed by atoms with Gasteiger partial charge in [-0.3, -0.25) is 9.59 Å². The van der Waals surface area contributed by atoms with Crippen LogP contribution in [0.4, 0.5) is 0 Å². The molecule has 0 unspecified atom stereocenters. The first-order chi connectivity index (χ1) is 7.15. The Morgan fingerprint density at radius 1 is 1.60 bits per heavy atom. The maximum Gasteiger partial charge on any atom is 0.272 e. The van der Waals surface area contributed by atoms with Gasteiger partial charge in [-0.2, -0.15) is 0 Å². The highest BCUT2D eigenvalue weighted by atomic mass is 16.3. The van der Waals surface area contributed by atoms with Gasteiger partial charge in [-0.05, 0) is 0 Å². The molecule has 0 saturated heterocycles. The monoisotopic (exact) mass is 206 g/mol. The van der Waals surface area contributed by atoms with Crippen LogP contribution in [0.5, 0.6) is 5.75 Å². The first-order valence-corrected chi connectivity index (χ1v) is 4.50. The Morgan fingerprint density at radius 3 is 3.00 bits per heavy atom. The minimum Gasteiger partial charge on any atom is -0.503 e. The van der Waals surface area contributed by atoms with Crippen molar-refractivity contribution in [2.24, 2.45) is 0 Å². The summed E-state index contributed by atoms with van der Waals surface area (Å²) < 4.78 is 1.54. The summed E-state index contributed by atoms with van der Waals surface area (Å²) in [5.41, 5.74) is -0.556. The molecule has 1 atom stereocenters. The number of hydrogen-bond acceptors (Lipinski definition) is 3. The van der Waals surface area contributed by atoms with Gasteiger partial charge in [0.05, 0.1) is 6.04 Å². The van der Waals surface area contributed by atoms with Crippen LogP contribution in [0.3, 0.4) is 0 Å². The molecule has 15 heavy (non-hydrogen) atoms. The molecule has 2 heterocycles. The zero-order valence-electron chi connectivity index (χ0n) is 7.93. The lowest BCUT2D eigenvalue weighted by atomic mass is 10.1. The van der Waals surface area contributed by atoms with Crippen LogP contribution in [0.2, 0.25) is 0 Å². The molecule has 5 nitrogen and oxygen atoms in total. The summed E-state index contributed by atoms with van der Waals surface area (Å²) in [7, 11) is 0. The molecule has 0 radical (unpaired) electrons. The summed E-state index contributed by atoms with van der Waals surface area (Å²) in [6.45, 7) is 4.04. The number of hydrogen-bond donors (Lipinski definition) is 2. The van der Waals surface area contributed by atoms with Gasteiger partial charge in [0.1, 0.15) is 0 Å². The van der Waals surface area contributed by atoms with Gasteiger partial charge >= 0.3 is 0 Å². The second kappa shape index (κ2) is 3.27. The number of fused-ring (bicyclic) bond motifs is 1. The van der Waals surface area contributed by atoms with E-state index in [1.165, 1.54) is 12.3 Å². The van der Waals surface area contributed by atoms with Crippen LogP contribution < -0.4 is 10.7 Å². The molecular formula is C10H10N2O3. The Kier molecular flexibility index (Phi) is 2.07. The lowest BCUT2D eigenvalue weighted by molar-refractivity contribution is 0.0916. The molecule has 0 bridgehead atoms. The number of aromatic nitrogens is 1. The van der Waals surface area contributed by atoms with Crippen molar-refractivity contribution in [3.63, 3.8) is 0 Å². The van der Waals surface area contributed by atoms with Gasteiger partial charge < -0.3 is 15.0 Å². The molecule has 1 aromatic heterocycles. The molecule has 2 rings (SSSR count). The summed E-state index contributed by atoms with van der Waals surface area (Å²) >= 11 is 0. The molecule has 78 valence electrons. The van der Waals surface area contributed by atoms with Crippen molar-refractivity contribution in [2.75, 3.05) is 6.54 Å². The van der Waals surface area contributed by atoms with Gasteiger partial charge in [0.2, 0.25) is 5.43 Å². The van der Waals surface area contributed by atoms with Gasteiger partial charge in [0.25, 0.3) is 5.91 Å². The summed E-state index contributed by atoms with van der Waals surface area (Å²) in [6, 6.07) is 1.10. The van der Waals surface area contributed by atoms with Gasteiger partial charge in [0, 0.05) is 18.8 Å². The molecule has 1 aliphatic rings. The molecule has 0 fully saturated rings. The Labute approximate surface area is 85.7 Å². The average molecular weight is 206 g/mol. The summed E-state index contributed by atoms with van der Waals surface area (Å²) in [4.78, 5) is 22.6. The number of carbonyl (C=O) groups is 1. The summed E-state index contributed by atoms with van der Waals surface area (Å²) in [6.07, 6.45) is 3.13. The topological polar surface area (TPSA) is 71.3 Å². The quantitative estimate of drug-likeness (QED) is 0.636. The normalized spacial score (nSPS) is 19.2. The van der Waals surface area contributed by atoms with E-state index in [1.54, 1.807) is 10.6 Å². The molecule has 0 saturated carbocycles. The number of rotatable bonds is 1. The zero-order valence-corrected chi connectivity index (χ0v) is 7.93.